The molecule has 0 spiro atoms. The van der Waals surface area contributed by atoms with Crippen molar-refractivity contribution in [3.63, 3.8) is 0 Å². The summed E-state index contributed by atoms with van der Waals surface area (Å²) >= 11 is 1.30. The van der Waals surface area contributed by atoms with Crippen LogP contribution in [0.1, 0.15) is 26.3 Å². The summed E-state index contributed by atoms with van der Waals surface area (Å²) in [6, 6.07) is 11.2. The van der Waals surface area contributed by atoms with Crippen molar-refractivity contribution in [1.29, 1.82) is 0 Å². The molecule has 0 unspecified atom stereocenters. The number of amides is 3. The van der Waals surface area contributed by atoms with Gasteiger partial charge in [0, 0.05) is 36.4 Å². The van der Waals surface area contributed by atoms with Crippen LogP contribution in [0.4, 0.5) is 0 Å². The van der Waals surface area contributed by atoms with Crippen molar-refractivity contribution in [2.45, 2.75) is 18.7 Å². The molecule has 2 atom stereocenters. The van der Waals surface area contributed by atoms with Gasteiger partial charge in [0.1, 0.15) is 17.4 Å². The molecule has 5 heterocycles. The molecule has 0 saturated carbocycles. The maximum absolute atomic E-state index is 13.5. The number of benzene rings is 2. The lowest BCUT2D eigenvalue weighted by Gasteiger charge is -2.21. The van der Waals surface area contributed by atoms with Crippen molar-refractivity contribution in [2.24, 2.45) is 0 Å². The number of carbonyl (C=O) groups excluding carboxylic acids is 3. The number of ether oxygens (including phenoxy) is 3. The van der Waals surface area contributed by atoms with E-state index in [1.165, 1.54) is 40.0 Å². The Hall–Kier alpha value is -4.91. The summed E-state index contributed by atoms with van der Waals surface area (Å²) in [6.07, 6.45) is 2.25. The molecule has 3 aliphatic heterocycles. The van der Waals surface area contributed by atoms with Gasteiger partial charge in [-0.25, -0.2) is 4.98 Å². The molecule has 4 aromatic rings. The summed E-state index contributed by atoms with van der Waals surface area (Å²) in [4.78, 5) is 58.4. The maximum Gasteiger partial charge on any atom is 0.271 e. The molecule has 210 valence electrons. The Morgan fingerprint density at radius 1 is 1.12 bits per heavy atom. The molecule has 0 radical (unpaired) electrons. The van der Waals surface area contributed by atoms with Crippen LogP contribution < -0.4 is 30.4 Å². The highest BCUT2D eigenvalue weighted by Gasteiger charge is 2.39. The molecule has 1 fully saturated rings. The van der Waals surface area contributed by atoms with E-state index in [0.29, 0.717) is 16.5 Å². The minimum atomic E-state index is -0.612. The Morgan fingerprint density at radius 2 is 1.95 bits per heavy atom. The van der Waals surface area contributed by atoms with E-state index < -0.39 is 29.5 Å². The van der Waals surface area contributed by atoms with E-state index in [-0.39, 0.29) is 49.0 Å². The molecule has 41 heavy (non-hydrogen) atoms. The second kappa shape index (κ2) is 10.9. The lowest BCUT2D eigenvalue weighted by molar-refractivity contribution is -0.123. The van der Waals surface area contributed by atoms with Gasteiger partial charge in [-0.15, -0.1) is 11.3 Å². The molecule has 0 aliphatic carbocycles. The van der Waals surface area contributed by atoms with E-state index in [2.05, 4.69) is 15.6 Å². The fraction of sp³-hybridized carbons (Fsp3) is 0.250. The number of likely N-dealkylation sites (tertiary alicyclic amines) is 1. The zero-order chi connectivity index (χ0) is 28.5. The smallest absolute Gasteiger partial charge is 0.271 e. The summed E-state index contributed by atoms with van der Waals surface area (Å²) in [5, 5.41) is 7.48. The van der Waals surface area contributed by atoms with Crippen molar-refractivity contribution in [3.05, 3.63) is 87.3 Å². The van der Waals surface area contributed by atoms with Gasteiger partial charge in [-0.05, 0) is 35.9 Å². The molecule has 2 aromatic carbocycles. The highest BCUT2D eigenvalue weighted by atomic mass is 32.1. The van der Waals surface area contributed by atoms with Crippen molar-refractivity contribution in [2.75, 3.05) is 26.8 Å². The topological polar surface area (TPSA) is 141 Å². The van der Waals surface area contributed by atoms with Crippen LogP contribution in [0, 0.1) is 0 Å². The van der Waals surface area contributed by atoms with Crippen molar-refractivity contribution in [3.8, 4) is 17.2 Å². The van der Waals surface area contributed by atoms with E-state index in [4.69, 9.17) is 14.2 Å². The molecular formula is C28H25N5O7S. The Kier molecular flexibility index (Phi) is 7.01. The number of carbonyl (C=O) groups is 3. The van der Waals surface area contributed by atoms with Crippen LogP contribution in [-0.4, -0.2) is 71.0 Å². The standard InChI is InChI=1S/C28H25N5O7S/c1-38-21-7-4-17-10-22(21)39-15-24(34)29-11-16-2-5-18(6-3-16)40-23-14-32(13-20(23)31-25(17)35)26(36)19-12-30-28-33(27(19)37)8-9-41-28/h2-10,12,20,23H,11,13-15H2,1H3,(H,29,34)(H,31,35)/t20-,23-/m0/s1. The molecule has 3 aliphatic rings. The van der Waals surface area contributed by atoms with E-state index >= 15 is 0 Å². The highest BCUT2D eigenvalue weighted by molar-refractivity contribution is 7.15. The molecule has 13 heteroatoms. The summed E-state index contributed by atoms with van der Waals surface area (Å²) in [5.41, 5.74) is 0.591. The third-order valence-electron chi connectivity index (χ3n) is 6.93. The number of aromatic nitrogens is 2. The fourth-order valence-electron chi connectivity index (χ4n) is 4.78. The lowest BCUT2D eigenvalue weighted by Crippen LogP contribution is -2.45. The summed E-state index contributed by atoms with van der Waals surface area (Å²) in [7, 11) is 1.46. The Labute approximate surface area is 237 Å². The number of rotatable bonds is 2. The minimum absolute atomic E-state index is 0.0653. The SMILES string of the molecule is COc1ccc2cc1OCC(=O)NCc1ccc(cc1)O[C@H]1CN(C(=O)c3cnc4sccn4c3=O)C[C@@H]1NC2=O. The number of methoxy groups -OCH3 is 1. The lowest BCUT2D eigenvalue weighted by atomic mass is 10.1. The number of thiazole rings is 1. The van der Waals surface area contributed by atoms with Crippen LogP contribution in [0.3, 0.4) is 0 Å². The Morgan fingerprint density at radius 3 is 2.76 bits per heavy atom. The minimum Gasteiger partial charge on any atom is -0.493 e. The van der Waals surface area contributed by atoms with Crippen LogP contribution >= 0.6 is 11.3 Å². The first kappa shape index (κ1) is 26.3. The van der Waals surface area contributed by atoms with Crippen molar-refractivity contribution in [1.82, 2.24) is 24.9 Å². The second-order valence-electron chi connectivity index (χ2n) is 9.55. The highest BCUT2D eigenvalue weighted by Crippen LogP contribution is 2.29. The number of hydrogen-bond donors (Lipinski definition) is 2. The second-order valence-corrected chi connectivity index (χ2v) is 10.4. The van der Waals surface area contributed by atoms with Gasteiger partial charge >= 0.3 is 0 Å². The molecular weight excluding hydrogens is 550 g/mol. The largest absolute Gasteiger partial charge is 0.493 e. The van der Waals surface area contributed by atoms with Gasteiger partial charge in [-0.1, -0.05) is 12.1 Å². The number of nitrogens with zero attached hydrogens (tertiary/aromatic N) is 3. The molecule has 4 bridgehead atoms. The third kappa shape index (κ3) is 5.31. The zero-order valence-corrected chi connectivity index (χ0v) is 22.7. The van der Waals surface area contributed by atoms with Crippen LogP contribution in [0.25, 0.3) is 4.96 Å². The first-order valence-electron chi connectivity index (χ1n) is 12.8. The quantitative estimate of drug-likeness (QED) is 0.366. The van der Waals surface area contributed by atoms with Gasteiger partial charge in [-0.2, -0.15) is 0 Å². The average molecular weight is 576 g/mol. The van der Waals surface area contributed by atoms with Gasteiger partial charge in [0.2, 0.25) is 0 Å². The van der Waals surface area contributed by atoms with Gasteiger partial charge in [0.05, 0.1) is 19.7 Å². The van der Waals surface area contributed by atoms with Gasteiger partial charge < -0.3 is 29.7 Å². The van der Waals surface area contributed by atoms with Gasteiger partial charge in [0.25, 0.3) is 23.3 Å². The molecule has 1 saturated heterocycles. The predicted molar refractivity (Wildman–Crippen MR) is 148 cm³/mol. The number of fused-ring (bicyclic) bond motifs is 8. The van der Waals surface area contributed by atoms with Crippen LogP contribution in [0.15, 0.2) is 65.0 Å². The van der Waals surface area contributed by atoms with Gasteiger partial charge in [0.15, 0.2) is 23.1 Å². The summed E-state index contributed by atoms with van der Waals surface area (Å²) in [6.45, 7) is 0.254. The Balaban J connectivity index is 1.31. The first-order chi connectivity index (χ1) is 19.9. The average Bonchev–Trinajstić information content (AvgIpc) is 3.63. The van der Waals surface area contributed by atoms with Gasteiger partial charge in [-0.3, -0.25) is 23.6 Å². The van der Waals surface area contributed by atoms with E-state index in [9.17, 15) is 19.2 Å². The normalized spacial score (nSPS) is 19.0. The zero-order valence-electron chi connectivity index (χ0n) is 21.9. The number of hydrogen-bond acceptors (Lipinski definition) is 9. The van der Waals surface area contributed by atoms with Crippen LogP contribution in [0.5, 0.6) is 17.2 Å². The fourth-order valence-corrected chi connectivity index (χ4v) is 5.45. The van der Waals surface area contributed by atoms with Crippen molar-refractivity contribution < 1.29 is 28.6 Å². The summed E-state index contributed by atoms with van der Waals surface area (Å²) < 4.78 is 18.6. The number of nitrogens with one attached hydrogen (secondary N) is 2. The van der Waals surface area contributed by atoms with Crippen molar-refractivity contribution >= 4 is 34.0 Å². The van der Waals surface area contributed by atoms with E-state index in [1.54, 1.807) is 35.8 Å². The first-order valence-corrected chi connectivity index (χ1v) is 13.7. The Bertz CT molecular complexity index is 1700. The van der Waals surface area contributed by atoms with Crippen LogP contribution in [-0.2, 0) is 11.3 Å². The molecule has 7 rings (SSSR count). The molecule has 12 nitrogen and oxygen atoms in total. The van der Waals surface area contributed by atoms with Crippen LogP contribution in [0.2, 0.25) is 0 Å². The molecule has 3 amide bonds. The summed E-state index contributed by atoms with van der Waals surface area (Å²) in [5.74, 6) is -0.142. The van der Waals surface area contributed by atoms with E-state index in [0.717, 1.165) is 5.56 Å². The maximum atomic E-state index is 13.5. The van der Waals surface area contributed by atoms with E-state index in [1.807, 2.05) is 12.1 Å². The predicted octanol–water partition coefficient (Wildman–Crippen LogP) is 1.48. The molecule has 2 aromatic heterocycles. The third-order valence-corrected chi connectivity index (χ3v) is 7.70. The monoisotopic (exact) mass is 575 g/mol. The molecule has 2 N–H and O–H groups in total.